The Balaban J connectivity index is 2.57. The van der Waals surface area contributed by atoms with Gasteiger partial charge >= 0.3 is 0 Å². The van der Waals surface area contributed by atoms with Crippen LogP contribution in [-0.2, 0) is 11.2 Å². The van der Waals surface area contributed by atoms with Gasteiger partial charge in [-0.3, -0.25) is 4.79 Å². The summed E-state index contributed by atoms with van der Waals surface area (Å²) in [5.41, 5.74) is 0. The van der Waals surface area contributed by atoms with E-state index in [0.29, 0.717) is 0 Å². The van der Waals surface area contributed by atoms with Crippen molar-refractivity contribution in [2.75, 3.05) is 18.4 Å². The van der Waals surface area contributed by atoms with Crippen LogP contribution in [0.15, 0.2) is 0 Å². The number of anilines is 1. The third-order valence-corrected chi connectivity index (χ3v) is 3.41. The molecule has 102 valence electrons. The molecule has 0 aromatic carbocycles. The van der Waals surface area contributed by atoms with Crippen molar-refractivity contribution in [1.82, 2.24) is 14.3 Å². The van der Waals surface area contributed by atoms with Crippen LogP contribution in [0.25, 0.3) is 0 Å². The minimum Gasteiger partial charge on any atom is -0.349 e. The molecule has 0 aliphatic heterocycles. The van der Waals surface area contributed by atoms with Crippen molar-refractivity contribution in [3.05, 3.63) is 5.82 Å². The van der Waals surface area contributed by atoms with Gasteiger partial charge in [0.25, 0.3) is 0 Å². The number of hydrogen-bond acceptors (Lipinski definition) is 5. The van der Waals surface area contributed by atoms with Gasteiger partial charge < -0.3 is 10.2 Å². The van der Waals surface area contributed by atoms with E-state index in [4.69, 9.17) is 0 Å². The van der Waals surface area contributed by atoms with Crippen LogP contribution in [0, 0.1) is 0 Å². The van der Waals surface area contributed by atoms with Gasteiger partial charge in [0.2, 0.25) is 11.0 Å². The Bertz CT molecular complexity index is 376. The van der Waals surface area contributed by atoms with Gasteiger partial charge in [-0.15, -0.1) is 0 Å². The van der Waals surface area contributed by atoms with Crippen molar-refractivity contribution in [2.24, 2.45) is 0 Å². The molecule has 5 nitrogen and oxygen atoms in total. The molecule has 0 saturated heterocycles. The Morgan fingerprint density at radius 2 is 2.06 bits per heavy atom. The number of carbonyl (C=O) groups is 1. The monoisotopic (exact) mass is 270 g/mol. The molecule has 1 N–H and O–H groups in total. The first-order valence-corrected chi connectivity index (χ1v) is 7.27. The standard InChI is InChI=1S/C12H22N4OS/c1-5-8-10-14-12(18-15-10)13-9(4)11(17)16(6-2)7-3/h9H,5-8H2,1-4H3,(H,13,14,15). The maximum absolute atomic E-state index is 12.1. The summed E-state index contributed by atoms with van der Waals surface area (Å²) < 4.78 is 4.25. The van der Waals surface area contributed by atoms with Crippen LogP contribution in [0.2, 0.25) is 0 Å². The SMILES string of the molecule is CCCc1nsc(NC(C)C(=O)N(CC)CC)n1. The number of nitrogens with zero attached hydrogens (tertiary/aromatic N) is 3. The molecule has 0 aliphatic rings. The number of likely N-dealkylation sites (N-methyl/N-ethyl adjacent to an activating group) is 1. The van der Waals surface area contributed by atoms with Gasteiger partial charge in [0.15, 0.2) is 0 Å². The maximum atomic E-state index is 12.1. The highest BCUT2D eigenvalue weighted by atomic mass is 32.1. The van der Waals surface area contributed by atoms with Gasteiger partial charge in [-0.05, 0) is 27.2 Å². The van der Waals surface area contributed by atoms with Crippen LogP contribution in [0.1, 0.15) is 39.9 Å². The van der Waals surface area contributed by atoms with Crippen molar-refractivity contribution in [2.45, 2.75) is 46.6 Å². The number of hydrogen-bond donors (Lipinski definition) is 1. The molecule has 1 atom stereocenters. The summed E-state index contributed by atoms with van der Waals surface area (Å²) >= 11 is 1.32. The molecule has 0 spiro atoms. The summed E-state index contributed by atoms with van der Waals surface area (Å²) in [6, 6.07) is -0.257. The second-order valence-corrected chi connectivity index (χ2v) is 4.89. The van der Waals surface area contributed by atoms with Gasteiger partial charge in [-0.2, -0.15) is 4.37 Å². The summed E-state index contributed by atoms with van der Waals surface area (Å²) in [7, 11) is 0. The van der Waals surface area contributed by atoms with Gasteiger partial charge in [-0.1, -0.05) is 6.92 Å². The Labute approximate surface area is 113 Å². The number of carbonyl (C=O) groups excluding carboxylic acids is 1. The highest BCUT2D eigenvalue weighted by molar-refractivity contribution is 7.09. The van der Waals surface area contributed by atoms with Crippen LogP contribution in [0.4, 0.5) is 5.13 Å². The third-order valence-electron chi connectivity index (χ3n) is 2.73. The molecule has 6 heteroatoms. The fourth-order valence-corrected chi connectivity index (χ4v) is 2.39. The molecule has 1 aromatic rings. The lowest BCUT2D eigenvalue weighted by atomic mass is 10.3. The van der Waals surface area contributed by atoms with Gasteiger partial charge in [-0.25, -0.2) is 4.98 Å². The first-order chi connectivity index (χ1) is 8.62. The molecule has 1 unspecified atom stereocenters. The quantitative estimate of drug-likeness (QED) is 0.825. The van der Waals surface area contributed by atoms with Crippen molar-refractivity contribution in [3.63, 3.8) is 0 Å². The normalized spacial score (nSPS) is 12.2. The smallest absolute Gasteiger partial charge is 0.244 e. The van der Waals surface area contributed by atoms with Crippen LogP contribution in [-0.4, -0.2) is 39.3 Å². The van der Waals surface area contributed by atoms with E-state index in [0.717, 1.165) is 36.9 Å². The molecule has 1 heterocycles. The number of aromatic nitrogens is 2. The lowest BCUT2D eigenvalue weighted by Gasteiger charge is -2.23. The average molecular weight is 270 g/mol. The van der Waals surface area contributed by atoms with Gasteiger partial charge in [0, 0.05) is 31.0 Å². The third kappa shape index (κ3) is 3.94. The molecular weight excluding hydrogens is 248 g/mol. The highest BCUT2D eigenvalue weighted by Crippen LogP contribution is 2.14. The Hall–Kier alpha value is -1.17. The van der Waals surface area contributed by atoms with E-state index in [1.807, 2.05) is 25.7 Å². The van der Waals surface area contributed by atoms with E-state index < -0.39 is 0 Å². The fraction of sp³-hybridized carbons (Fsp3) is 0.750. The zero-order valence-electron chi connectivity index (χ0n) is 11.6. The second-order valence-electron chi connectivity index (χ2n) is 4.14. The lowest BCUT2D eigenvalue weighted by molar-refractivity contribution is -0.131. The molecule has 0 bridgehead atoms. The molecule has 0 fully saturated rings. The first kappa shape index (κ1) is 14.9. The minimum atomic E-state index is -0.257. The zero-order valence-corrected chi connectivity index (χ0v) is 12.4. The summed E-state index contributed by atoms with van der Waals surface area (Å²) in [4.78, 5) is 18.2. The molecular formula is C12H22N4OS. The number of aryl methyl sites for hydroxylation is 1. The van der Waals surface area contributed by atoms with Gasteiger partial charge in [0.1, 0.15) is 11.9 Å². The summed E-state index contributed by atoms with van der Waals surface area (Å²) in [6.45, 7) is 9.40. The van der Waals surface area contributed by atoms with E-state index in [1.165, 1.54) is 11.5 Å². The van der Waals surface area contributed by atoms with Crippen molar-refractivity contribution in [3.8, 4) is 0 Å². The predicted molar refractivity (Wildman–Crippen MR) is 74.9 cm³/mol. The van der Waals surface area contributed by atoms with E-state index in [2.05, 4.69) is 21.6 Å². The van der Waals surface area contributed by atoms with Crippen LogP contribution in [0.5, 0.6) is 0 Å². The minimum absolute atomic E-state index is 0.104. The van der Waals surface area contributed by atoms with Crippen LogP contribution >= 0.6 is 11.5 Å². The molecule has 18 heavy (non-hydrogen) atoms. The summed E-state index contributed by atoms with van der Waals surface area (Å²) in [5.74, 6) is 0.958. The molecule has 1 aromatic heterocycles. The fourth-order valence-electron chi connectivity index (χ4n) is 1.69. The molecule has 1 rings (SSSR count). The van der Waals surface area contributed by atoms with Crippen LogP contribution < -0.4 is 5.32 Å². The van der Waals surface area contributed by atoms with Crippen LogP contribution in [0.3, 0.4) is 0 Å². The van der Waals surface area contributed by atoms with E-state index >= 15 is 0 Å². The number of rotatable bonds is 7. The Kier molecular flexibility index (Phi) is 6.04. The van der Waals surface area contributed by atoms with Gasteiger partial charge in [0.05, 0.1) is 0 Å². The lowest BCUT2D eigenvalue weighted by Crippen LogP contribution is -2.41. The number of nitrogens with one attached hydrogen (secondary N) is 1. The van der Waals surface area contributed by atoms with Crippen molar-refractivity contribution in [1.29, 1.82) is 0 Å². The van der Waals surface area contributed by atoms with E-state index in [9.17, 15) is 4.79 Å². The van der Waals surface area contributed by atoms with Crippen molar-refractivity contribution >= 4 is 22.6 Å². The van der Waals surface area contributed by atoms with E-state index in [1.54, 1.807) is 0 Å². The summed E-state index contributed by atoms with van der Waals surface area (Å²) in [5, 5.41) is 3.85. The molecule has 0 saturated carbocycles. The largest absolute Gasteiger partial charge is 0.349 e. The Morgan fingerprint density at radius 1 is 1.39 bits per heavy atom. The predicted octanol–water partition coefficient (Wildman–Crippen LogP) is 2.16. The number of amides is 1. The molecule has 0 radical (unpaired) electrons. The first-order valence-electron chi connectivity index (χ1n) is 6.50. The topological polar surface area (TPSA) is 58.1 Å². The Morgan fingerprint density at radius 3 is 2.61 bits per heavy atom. The average Bonchev–Trinajstić information content (AvgIpc) is 2.78. The maximum Gasteiger partial charge on any atom is 0.244 e. The molecule has 0 aliphatic carbocycles. The second kappa shape index (κ2) is 7.31. The highest BCUT2D eigenvalue weighted by Gasteiger charge is 2.19. The zero-order chi connectivity index (χ0) is 13.5. The molecule has 1 amide bonds. The van der Waals surface area contributed by atoms with Crippen molar-refractivity contribution < 1.29 is 4.79 Å². The van der Waals surface area contributed by atoms with E-state index in [-0.39, 0.29) is 11.9 Å². The summed E-state index contributed by atoms with van der Waals surface area (Å²) in [6.07, 6.45) is 1.92.